The lowest BCUT2D eigenvalue weighted by Crippen LogP contribution is -2.30. The maximum Gasteiger partial charge on any atom is 0.255 e. The van der Waals surface area contributed by atoms with E-state index >= 15 is 0 Å². The van der Waals surface area contributed by atoms with Crippen LogP contribution in [0.25, 0.3) is 0 Å². The van der Waals surface area contributed by atoms with Crippen molar-refractivity contribution in [2.75, 3.05) is 19.6 Å². The summed E-state index contributed by atoms with van der Waals surface area (Å²) < 4.78 is 0. The number of rotatable bonds is 4. The van der Waals surface area contributed by atoms with Crippen molar-refractivity contribution in [2.24, 2.45) is 11.7 Å². The van der Waals surface area contributed by atoms with Gasteiger partial charge < -0.3 is 10.6 Å². The highest BCUT2D eigenvalue weighted by atomic mass is 32.2. The molecule has 1 heterocycles. The van der Waals surface area contributed by atoms with Crippen molar-refractivity contribution in [1.82, 2.24) is 4.90 Å². The van der Waals surface area contributed by atoms with E-state index in [1.54, 1.807) is 11.8 Å². The topological polar surface area (TPSA) is 46.3 Å². The quantitative estimate of drug-likeness (QED) is 0.942. The second-order valence-electron chi connectivity index (χ2n) is 5.55. The molecule has 1 amide bonds. The lowest BCUT2D eigenvalue weighted by molar-refractivity contribution is 0.0784. The number of benzene rings is 2. The minimum absolute atomic E-state index is 0.120. The van der Waals surface area contributed by atoms with Crippen molar-refractivity contribution in [3.05, 3.63) is 60.2 Å². The SMILES string of the molecule is NCC1CCN(C(=O)c2ccccc2Sc2ccccc2)C1. The van der Waals surface area contributed by atoms with Crippen molar-refractivity contribution in [2.45, 2.75) is 16.2 Å². The molecule has 0 spiro atoms. The second-order valence-corrected chi connectivity index (χ2v) is 6.67. The highest BCUT2D eigenvalue weighted by Gasteiger charge is 2.27. The molecule has 1 aliphatic heterocycles. The van der Waals surface area contributed by atoms with Crippen molar-refractivity contribution in [3.8, 4) is 0 Å². The van der Waals surface area contributed by atoms with Gasteiger partial charge in [0.1, 0.15) is 0 Å². The Morgan fingerprint density at radius 2 is 1.86 bits per heavy atom. The molecule has 0 saturated carbocycles. The van der Waals surface area contributed by atoms with Gasteiger partial charge in [0.2, 0.25) is 0 Å². The average Bonchev–Trinajstić information content (AvgIpc) is 3.05. The normalized spacial score (nSPS) is 17.7. The van der Waals surface area contributed by atoms with E-state index in [0.29, 0.717) is 12.5 Å². The Bertz CT molecular complexity index is 645. The molecule has 2 aromatic carbocycles. The molecule has 0 bridgehead atoms. The number of nitrogens with two attached hydrogens (primary N) is 1. The number of amides is 1. The van der Waals surface area contributed by atoms with E-state index < -0.39 is 0 Å². The van der Waals surface area contributed by atoms with Crippen LogP contribution < -0.4 is 5.73 Å². The number of likely N-dealkylation sites (tertiary alicyclic amines) is 1. The summed E-state index contributed by atoms with van der Waals surface area (Å²) >= 11 is 1.64. The van der Waals surface area contributed by atoms with Gasteiger partial charge >= 0.3 is 0 Å². The monoisotopic (exact) mass is 312 g/mol. The van der Waals surface area contributed by atoms with Gasteiger partial charge in [0.15, 0.2) is 0 Å². The maximum atomic E-state index is 12.8. The third-order valence-corrected chi connectivity index (χ3v) is 5.08. The van der Waals surface area contributed by atoms with Gasteiger partial charge in [-0.25, -0.2) is 0 Å². The van der Waals surface area contributed by atoms with Gasteiger partial charge in [0.25, 0.3) is 5.91 Å². The number of nitrogens with zero attached hydrogens (tertiary/aromatic N) is 1. The summed E-state index contributed by atoms with van der Waals surface area (Å²) in [6.07, 6.45) is 1.01. The van der Waals surface area contributed by atoms with E-state index in [2.05, 4.69) is 12.1 Å². The third-order valence-electron chi connectivity index (χ3n) is 3.99. The highest BCUT2D eigenvalue weighted by Crippen LogP contribution is 2.31. The van der Waals surface area contributed by atoms with Crippen molar-refractivity contribution < 1.29 is 4.79 Å². The summed E-state index contributed by atoms with van der Waals surface area (Å²) in [5.41, 5.74) is 6.51. The Balaban J connectivity index is 1.80. The van der Waals surface area contributed by atoms with Gasteiger partial charge in [-0.3, -0.25) is 4.79 Å². The zero-order valence-electron chi connectivity index (χ0n) is 12.4. The fourth-order valence-corrected chi connectivity index (χ4v) is 3.69. The summed E-state index contributed by atoms with van der Waals surface area (Å²) in [5, 5.41) is 0. The van der Waals surface area contributed by atoms with Crippen LogP contribution in [-0.2, 0) is 0 Å². The average molecular weight is 312 g/mol. The number of carbonyl (C=O) groups is 1. The number of hydrogen-bond acceptors (Lipinski definition) is 3. The van der Waals surface area contributed by atoms with E-state index in [9.17, 15) is 4.79 Å². The van der Waals surface area contributed by atoms with Gasteiger partial charge in [-0.05, 0) is 43.1 Å². The van der Waals surface area contributed by atoms with Crippen LogP contribution in [0.1, 0.15) is 16.8 Å². The van der Waals surface area contributed by atoms with Crippen LogP contribution in [0, 0.1) is 5.92 Å². The zero-order valence-corrected chi connectivity index (χ0v) is 13.3. The first-order chi connectivity index (χ1) is 10.8. The largest absolute Gasteiger partial charge is 0.338 e. The molecule has 1 fully saturated rings. The standard InChI is InChI=1S/C18H20N2OS/c19-12-14-10-11-20(13-14)18(21)16-8-4-5-9-17(16)22-15-6-2-1-3-7-15/h1-9,14H,10-13,19H2. The van der Waals surface area contributed by atoms with Crippen LogP contribution in [0.4, 0.5) is 0 Å². The van der Waals surface area contributed by atoms with Gasteiger partial charge in [-0.2, -0.15) is 0 Å². The Morgan fingerprint density at radius 1 is 1.14 bits per heavy atom. The number of hydrogen-bond donors (Lipinski definition) is 1. The molecule has 1 saturated heterocycles. The Hall–Kier alpha value is -1.78. The molecule has 2 N–H and O–H groups in total. The van der Waals surface area contributed by atoms with E-state index in [1.165, 1.54) is 0 Å². The summed E-state index contributed by atoms with van der Waals surface area (Å²) in [4.78, 5) is 16.9. The molecule has 1 aliphatic rings. The minimum atomic E-state index is 0.120. The van der Waals surface area contributed by atoms with Crippen LogP contribution >= 0.6 is 11.8 Å². The molecular weight excluding hydrogens is 292 g/mol. The van der Waals surface area contributed by atoms with Crippen molar-refractivity contribution in [1.29, 1.82) is 0 Å². The van der Waals surface area contributed by atoms with E-state index in [-0.39, 0.29) is 5.91 Å². The molecular formula is C18H20N2OS. The molecule has 3 rings (SSSR count). The minimum Gasteiger partial charge on any atom is -0.338 e. The molecule has 22 heavy (non-hydrogen) atoms. The van der Waals surface area contributed by atoms with Gasteiger partial charge in [0.05, 0.1) is 5.56 Å². The summed E-state index contributed by atoms with van der Waals surface area (Å²) in [6, 6.07) is 18.0. The lowest BCUT2D eigenvalue weighted by atomic mass is 10.1. The molecule has 3 nitrogen and oxygen atoms in total. The Labute approximate surface area is 135 Å². The predicted octanol–water partition coefficient (Wildman–Crippen LogP) is 3.26. The second kappa shape index (κ2) is 6.99. The molecule has 1 unspecified atom stereocenters. The Morgan fingerprint density at radius 3 is 2.59 bits per heavy atom. The highest BCUT2D eigenvalue weighted by molar-refractivity contribution is 7.99. The van der Waals surface area contributed by atoms with Crippen LogP contribution in [0.15, 0.2) is 64.4 Å². The van der Waals surface area contributed by atoms with Crippen LogP contribution in [0.3, 0.4) is 0 Å². The summed E-state index contributed by atoms with van der Waals surface area (Å²) in [7, 11) is 0. The van der Waals surface area contributed by atoms with E-state index in [4.69, 9.17) is 5.73 Å². The van der Waals surface area contributed by atoms with Crippen LogP contribution in [-0.4, -0.2) is 30.4 Å². The molecule has 0 aliphatic carbocycles. The van der Waals surface area contributed by atoms with Crippen LogP contribution in [0.5, 0.6) is 0 Å². The van der Waals surface area contributed by atoms with Gasteiger partial charge in [0, 0.05) is 22.9 Å². The molecule has 114 valence electrons. The fourth-order valence-electron chi connectivity index (χ4n) is 2.73. The molecule has 1 atom stereocenters. The fraction of sp³-hybridized carbons (Fsp3) is 0.278. The molecule has 0 radical (unpaired) electrons. The Kier molecular flexibility index (Phi) is 4.80. The maximum absolute atomic E-state index is 12.8. The number of carbonyl (C=O) groups excluding carboxylic acids is 1. The van der Waals surface area contributed by atoms with Crippen molar-refractivity contribution >= 4 is 17.7 Å². The van der Waals surface area contributed by atoms with Crippen molar-refractivity contribution in [3.63, 3.8) is 0 Å². The van der Waals surface area contributed by atoms with Crippen LogP contribution in [0.2, 0.25) is 0 Å². The predicted molar refractivity (Wildman–Crippen MR) is 90.1 cm³/mol. The van der Waals surface area contributed by atoms with E-state index in [1.807, 2.05) is 47.4 Å². The van der Waals surface area contributed by atoms with Gasteiger partial charge in [-0.1, -0.05) is 42.1 Å². The molecule has 4 heteroatoms. The summed E-state index contributed by atoms with van der Waals surface area (Å²) in [6.45, 7) is 2.24. The first-order valence-electron chi connectivity index (χ1n) is 7.59. The van der Waals surface area contributed by atoms with Gasteiger partial charge in [-0.15, -0.1) is 0 Å². The zero-order chi connectivity index (χ0) is 15.4. The summed E-state index contributed by atoms with van der Waals surface area (Å²) in [5.74, 6) is 0.563. The van der Waals surface area contributed by atoms with E-state index in [0.717, 1.165) is 34.9 Å². The lowest BCUT2D eigenvalue weighted by Gasteiger charge is -2.18. The molecule has 2 aromatic rings. The first-order valence-corrected chi connectivity index (χ1v) is 8.41. The smallest absolute Gasteiger partial charge is 0.255 e. The third kappa shape index (κ3) is 3.34. The molecule has 0 aromatic heterocycles. The first kappa shape index (κ1) is 15.1.